The first-order valence-electron chi connectivity index (χ1n) is 8.17. The molecule has 0 aliphatic carbocycles. The fourth-order valence-corrected chi connectivity index (χ4v) is 2.30. The predicted octanol–water partition coefficient (Wildman–Crippen LogP) is 2.52. The van der Waals surface area contributed by atoms with E-state index in [1.165, 1.54) is 6.92 Å². The molecule has 0 aliphatic heterocycles. The van der Waals surface area contributed by atoms with Gasteiger partial charge in [-0.25, -0.2) is 8.78 Å². The molecule has 8 heteroatoms. The molecule has 0 saturated heterocycles. The Bertz CT molecular complexity index is 797. The van der Waals surface area contributed by atoms with Gasteiger partial charge in [-0.05, 0) is 36.4 Å². The van der Waals surface area contributed by atoms with E-state index in [1.807, 2.05) is 0 Å². The monoisotopic (exact) mass is 378 g/mol. The number of nitrogens with one attached hydrogen (secondary N) is 1. The number of rotatable bonds is 8. The molecule has 144 valence electrons. The van der Waals surface area contributed by atoms with Crippen molar-refractivity contribution in [3.05, 3.63) is 54.1 Å². The number of amides is 2. The van der Waals surface area contributed by atoms with E-state index >= 15 is 0 Å². The minimum absolute atomic E-state index is 0.159. The highest BCUT2D eigenvalue weighted by Crippen LogP contribution is 2.20. The standard InChI is InChI=1S/C19H20F2N2O4/c1-13(24)23(18-8-3-14(20)11-17(18)21)12-19(25)22-9-10-27-16-6-4-15(26-2)5-7-16/h3-8,11H,9-10,12H2,1-2H3,(H,22,25). The van der Waals surface area contributed by atoms with Crippen LogP contribution in [0.3, 0.4) is 0 Å². The maximum atomic E-state index is 13.9. The average molecular weight is 378 g/mol. The molecule has 0 saturated carbocycles. The Kier molecular flexibility index (Phi) is 7.10. The predicted molar refractivity (Wildman–Crippen MR) is 95.9 cm³/mol. The summed E-state index contributed by atoms with van der Waals surface area (Å²) in [6.07, 6.45) is 0. The number of anilines is 1. The summed E-state index contributed by atoms with van der Waals surface area (Å²) >= 11 is 0. The molecular weight excluding hydrogens is 358 g/mol. The highest BCUT2D eigenvalue weighted by molar-refractivity contribution is 5.97. The van der Waals surface area contributed by atoms with E-state index in [0.717, 1.165) is 17.0 Å². The van der Waals surface area contributed by atoms with Crippen molar-refractivity contribution in [1.29, 1.82) is 0 Å². The van der Waals surface area contributed by atoms with Gasteiger partial charge in [-0.1, -0.05) is 0 Å². The lowest BCUT2D eigenvalue weighted by Crippen LogP contribution is -2.41. The molecule has 6 nitrogen and oxygen atoms in total. The summed E-state index contributed by atoms with van der Waals surface area (Å²) < 4.78 is 37.4. The normalized spacial score (nSPS) is 10.2. The maximum Gasteiger partial charge on any atom is 0.240 e. The Morgan fingerprint density at radius 3 is 2.33 bits per heavy atom. The van der Waals surface area contributed by atoms with E-state index in [1.54, 1.807) is 31.4 Å². The largest absolute Gasteiger partial charge is 0.497 e. The molecule has 0 spiro atoms. The van der Waals surface area contributed by atoms with E-state index in [-0.39, 0.29) is 25.4 Å². The summed E-state index contributed by atoms with van der Waals surface area (Å²) in [7, 11) is 1.56. The molecule has 0 atom stereocenters. The third kappa shape index (κ3) is 5.95. The number of carbonyl (C=O) groups is 2. The third-order valence-electron chi connectivity index (χ3n) is 3.63. The molecule has 2 rings (SSSR count). The first kappa shape index (κ1) is 20.2. The molecule has 0 fully saturated rings. The van der Waals surface area contributed by atoms with Crippen molar-refractivity contribution in [3.63, 3.8) is 0 Å². The van der Waals surface area contributed by atoms with Crippen LogP contribution in [0.5, 0.6) is 11.5 Å². The van der Waals surface area contributed by atoms with Crippen LogP contribution >= 0.6 is 0 Å². The van der Waals surface area contributed by atoms with Crippen molar-refractivity contribution in [2.24, 2.45) is 0 Å². The highest BCUT2D eigenvalue weighted by atomic mass is 19.1. The molecule has 0 unspecified atom stereocenters. The van der Waals surface area contributed by atoms with Crippen LogP contribution in [0.25, 0.3) is 0 Å². The van der Waals surface area contributed by atoms with Crippen molar-refractivity contribution < 1.29 is 27.8 Å². The Labute approximate surface area is 155 Å². The first-order valence-corrected chi connectivity index (χ1v) is 8.17. The van der Waals surface area contributed by atoms with Gasteiger partial charge < -0.3 is 19.7 Å². The zero-order chi connectivity index (χ0) is 19.8. The Hall–Kier alpha value is -3.16. The molecule has 0 radical (unpaired) electrons. The van der Waals surface area contributed by atoms with Gasteiger partial charge in [0.25, 0.3) is 0 Å². The van der Waals surface area contributed by atoms with E-state index in [9.17, 15) is 18.4 Å². The fourth-order valence-electron chi connectivity index (χ4n) is 2.30. The second-order valence-electron chi connectivity index (χ2n) is 5.57. The third-order valence-corrected chi connectivity index (χ3v) is 3.63. The zero-order valence-electron chi connectivity index (χ0n) is 15.0. The average Bonchev–Trinajstić information content (AvgIpc) is 2.64. The Morgan fingerprint density at radius 1 is 1.07 bits per heavy atom. The van der Waals surface area contributed by atoms with Gasteiger partial charge in [0.1, 0.15) is 36.3 Å². The summed E-state index contributed by atoms with van der Waals surface area (Å²) in [4.78, 5) is 24.7. The number of benzene rings is 2. The van der Waals surface area contributed by atoms with E-state index in [4.69, 9.17) is 9.47 Å². The van der Waals surface area contributed by atoms with Crippen LogP contribution in [-0.4, -0.2) is 38.6 Å². The molecule has 27 heavy (non-hydrogen) atoms. The van der Waals surface area contributed by atoms with Crippen LogP contribution < -0.4 is 19.7 Å². The second kappa shape index (κ2) is 9.51. The van der Waals surface area contributed by atoms with Gasteiger partial charge in [0, 0.05) is 13.0 Å². The van der Waals surface area contributed by atoms with Crippen LogP contribution in [0.4, 0.5) is 14.5 Å². The smallest absolute Gasteiger partial charge is 0.240 e. The van der Waals surface area contributed by atoms with E-state index in [0.29, 0.717) is 17.6 Å². The van der Waals surface area contributed by atoms with Crippen molar-refractivity contribution in [2.75, 3.05) is 31.7 Å². The summed E-state index contributed by atoms with van der Waals surface area (Å²) in [5, 5.41) is 2.58. The number of methoxy groups -OCH3 is 1. The van der Waals surface area contributed by atoms with Crippen molar-refractivity contribution in [1.82, 2.24) is 5.32 Å². The number of hydrogen-bond acceptors (Lipinski definition) is 4. The van der Waals surface area contributed by atoms with Crippen LogP contribution in [0.2, 0.25) is 0 Å². The molecule has 0 aromatic heterocycles. The molecule has 0 aliphatic rings. The van der Waals surface area contributed by atoms with Crippen molar-refractivity contribution in [3.8, 4) is 11.5 Å². The number of carbonyl (C=O) groups excluding carboxylic acids is 2. The maximum absolute atomic E-state index is 13.9. The Balaban J connectivity index is 1.84. The number of halogens is 2. The number of nitrogens with zero attached hydrogens (tertiary/aromatic N) is 1. The zero-order valence-corrected chi connectivity index (χ0v) is 15.0. The van der Waals surface area contributed by atoms with Gasteiger partial charge in [-0.3, -0.25) is 9.59 Å². The molecule has 2 aromatic rings. The molecule has 1 N–H and O–H groups in total. The van der Waals surface area contributed by atoms with Crippen LogP contribution in [0.1, 0.15) is 6.92 Å². The van der Waals surface area contributed by atoms with Crippen LogP contribution in [0, 0.1) is 11.6 Å². The second-order valence-corrected chi connectivity index (χ2v) is 5.57. The summed E-state index contributed by atoms with van der Waals surface area (Å²) in [6, 6.07) is 9.75. The number of hydrogen-bond donors (Lipinski definition) is 1. The minimum Gasteiger partial charge on any atom is -0.497 e. The van der Waals surface area contributed by atoms with Gasteiger partial charge in [-0.15, -0.1) is 0 Å². The van der Waals surface area contributed by atoms with Crippen molar-refractivity contribution >= 4 is 17.5 Å². The van der Waals surface area contributed by atoms with Gasteiger partial charge in [0.2, 0.25) is 11.8 Å². The van der Waals surface area contributed by atoms with Gasteiger partial charge >= 0.3 is 0 Å². The minimum atomic E-state index is -0.916. The topological polar surface area (TPSA) is 67.9 Å². The lowest BCUT2D eigenvalue weighted by atomic mass is 10.2. The molecule has 2 amide bonds. The summed E-state index contributed by atoms with van der Waals surface area (Å²) in [5.74, 6) is -1.39. The lowest BCUT2D eigenvalue weighted by Gasteiger charge is -2.21. The molecule has 0 heterocycles. The van der Waals surface area contributed by atoms with Crippen LogP contribution in [0.15, 0.2) is 42.5 Å². The van der Waals surface area contributed by atoms with E-state index < -0.39 is 23.4 Å². The summed E-state index contributed by atoms with van der Waals surface area (Å²) in [5.41, 5.74) is -0.159. The lowest BCUT2D eigenvalue weighted by molar-refractivity contribution is -0.123. The summed E-state index contributed by atoms with van der Waals surface area (Å²) in [6.45, 7) is 1.22. The van der Waals surface area contributed by atoms with Crippen molar-refractivity contribution in [2.45, 2.75) is 6.92 Å². The first-order chi connectivity index (χ1) is 12.9. The molecule has 2 aromatic carbocycles. The number of ether oxygens (including phenoxy) is 2. The molecular formula is C19H20F2N2O4. The highest BCUT2D eigenvalue weighted by Gasteiger charge is 2.19. The SMILES string of the molecule is COc1ccc(OCCNC(=O)CN(C(C)=O)c2ccc(F)cc2F)cc1. The quantitative estimate of drug-likeness (QED) is 0.717. The molecule has 0 bridgehead atoms. The fraction of sp³-hybridized carbons (Fsp3) is 0.263. The Morgan fingerprint density at radius 2 is 1.74 bits per heavy atom. The van der Waals surface area contributed by atoms with E-state index in [2.05, 4.69) is 5.32 Å². The van der Waals surface area contributed by atoms with Gasteiger partial charge in [-0.2, -0.15) is 0 Å². The van der Waals surface area contributed by atoms with Crippen LogP contribution in [-0.2, 0) is 9.59 Å². The van der Waals surface area contributed by atoms with Gasteiger partial charge in [0.15, 0.2) is 0 Å². The van der Waals surface area contributed by atoms with Gasteiger partial charge in [0.05, 0.1) is 19.3 Å².